The van der Waals surface area contributed by atoms with Crippen molar-refractivity contribution in [3.05, 3.63) is 65.7 Å². The van der Waals surface area contributed by atoms with Gasteiger partial charge in [0, 0.05) is 18.3 Å². The van der Waals surface area contributed by atoms with E-state index < -0.39 is 5.91 Å². The molecule has 3 rings (SSSR count). The van der Waals surface area contributed by atoms with Crippen LogP contribution in [0.3, 0.4) is 0 Å². The van der Waals surface area contributed by atoms with Crippen molar-refractivity contribution in [3.63, 3.8) is 0 Å². The third kappa shape index (κ3) is 3.63. The van der Waals surface area contributed by atoms with E-state index >= 15 is 0 Å². The number of hydrogen-bond acceptors (Lipinski definition) is 3. The minimum absolute atomic E-state index is 0.0333. The van der Waals surface area contributed by atoms with Crippen LogP contribution in [0.15, 0.2) is 54.6 Å². The van der Waals surface area contributed by atoms with Crippen molar-refractivity contribution in [2.24, 2.45) is 5.73 Å². The van der Waals surface area contributed by atoms with Gasteiger partial charge in [-0.05, 0) is 41.8 Å². The first-order valence-electron chi connectivity index (χ1n) is 7.72. The lowest BCUT2D eigenvalue weighted by Gasteiger charge is -2.14. The highest BCUT2D eigenvalue weighted by molar-refractivity contribution is 6.05. The fourth-order valence-electron chi connectivity index (χ4n) is 2.65. The van der Waals surface area contributed by atoms with E-state index in [0.717, 1.165) is 17.7 Å². The molecule has 2 aromatic carbocycles. The Balaban J connectivity index is 1.63. The number of nitrogens with zero attached hydrogens (tertiary/aromatic N) is 1. The Hall–Kier alpha value is -3.08. The van der Waals surface area contributed by atoms with Crippen LogP contribution in [-0.4, -0.2) is 25.0 Å². The van der Waals surface area contributed by atoms with Gasteiger partial charge < -0.3 is 15.4 Å². The highest BCUT2D eigenvalue weighted by Crippen LogP contribution is 2.27. The number of nitrogens with two attached hydrogens (primary N) is 1. The predicted octanol–water partition coefficient (Wildman–Crippen LogP) is 2.15. The van der Waals surface area contributed by atoms with Gasteiger partial charge in [0.15, 0.2) is 6.61 Å². The van der Waals surface area contributed by atoms with Gasteiger partial charge in [-0.1, -0.05) is 30.3 Å². The van der Waals surface area contributed by atoms with E-state index in [9.17, 15) is 9.59 Å². The van der Waals surface area contributed by atoms with Crippen molar-refractivity contribution >= 4 is 23.6 Å². The van der Waals surface area contributed by atoms with E-state index in [4.69, 9.17) is 10.5 Å². The van der Waals surface area contributed by atoms with Crippen LogP contribution in [0.5, 0.6) is 5.75 Å². The first-order chi connectivity index (χ1) is 11.6. The summed E-state index contributed by atoms with van der Waals surface area (Å²) in [7, 11) is 0. The number of hydrogen-bond donors (Lipinski definition) is 1. The molecule has 0 aliphatic carbocycles. The largest absolute Gasteiger partial charge is 0.484 e. The first-order valence-corrected chi connectivity index (χ1v) is 7.72. The van der Waals surface area contributed by atoms with E-state index in [0.29, 0.717) is 12.3 Å². The van der Waals surface area contributed by atoms with Crippen LogP contribution in [0, 0.1) is 0 Å². The molecule has 0 bridgehead atoms. The third-order valence-corrected chi connectivity index (χ3v) is 3.83. The van der Waals surface area contributed by atoms with Gasteiger partial charge >= 0.3 is 0 Å². The second-order valence-electron chi connectivity index (χ2n) is 5.53. The summed E-state index contributed by atoms with van der Waals surface area (Å²) in [4.78, 5) is 24.9. The van der Waals surface area contributed by atoms with Crippen molar-refractivity contribution < 1.29 is 14.3 Å². The minimum atomic E-state index is -0.518. The number of primary amides is 1. The average Bonchev–Trinajstić information content (AvgIpc) is 3.03. The first kappa shape index (κ1) is 15.8. The molecule has 0 aromatic heterocycles. The number of anilines is 1. The van der Waals surface area contributed by atoms with E-state index in [-0.39, 0.29) is 12.5 Å². The molecule has 0 fully saturated rings. The smallest absolute Gasteiger partial charge is 0.255 e. The van der Waals surface area contributed by atoms with Crippen LogP contribution >= 0.6 is 0 Å². The molecule has 0 spiro atoms. The standard InChI is InChI=1S/C19H18N2O3/c20-18(22)13-24-16-8-5-14(6-9-16)7-10-19(23)21-12-11-15-3-1-2-4-17(15)21/h1-10H,11-13H2,(H2,20,22). The van der Waals surface area contributed by atoms with Crippen molar-refractivity contribution in [2.45, 2.75) is 6.42 Å². The third-order valence-electron chi connectivity index (χ3n) is 3.83. The van der Waals surface area contributed by atoms with Gasteiger partial charge in [0.05, 0.1) is 0 Å². The molecule has 2 N–H and O–H groups in total. The van der Waals surface area contributed by atoms with Gasteiger partial charge in [-0.2, -0.15) is 0 Å². The molecular weight excluding hydrogens is 304 g/mol. The average molecular weight is 322 g/mol. The molecule has 0 atom stereocenters. The molecule has 122 valence electrons. The topological polar surface area (TPSA) is 72.6 Å². The summed E-state index contributed by atoms with van der Waals surface area (Å²) in [6, 6.07) is 15.1. The maximum atomic E-state index is 12.4. The van der Waals surface area contributed by atoms with Crippen LogP contribution < -0.4 is 15.4 Å². The van der Waals surface area contributed by atoms with Crippen LogP contribution in [0.4, 0.5) is 5.69 Å². The maximum Gasteiger partial charge on any atom is 0.255 e. The Bertz CT molecular complexity index is 781. The molecule has 1 heterocycles. The van der Waals surface area contributed by atoms with Gasteiger partial charge in [-0.25, -0.2) is 0 Å². The fourth-order valence-corrected chi connectivity index (χ4v) is 2.65. The number of benzene rings is 2. The molecule has 5 heteroatoms. The maximum absolute atomic E-state index is 12.4. The Morgan fingerprint density at radius 1 is 1.12 bits per heavy atom. The monoisotopic (exact) mass is 322 g/mol. The summed E-state index contributed by atoms with van der Waals surface area (Å²) >= 11 is 0. The summed E-state index contributed by atoms with van der Waals surface area (Å²) in [6.07, 6.45) is 4.23. The number of rotatable bonds is 5. The highest BCUT2D eigenvalue weighted by Gasteiger charge is 2.22. The summed E-state index contributed by atoms with van der Waals surface area (Å²) in [6.45, 7) is 0.560. The minimum Gasteiger partial charge on any atom is -0.484 e. The van der Waals surface area contributed by atoms with Crippen molar-refractivity contribution in [1.29, 1.82) is 0 Å². The summed E-state index contributed by atoms with van der Waals surface area (Å²) < 4.78 is 5.19. The van der Waals surface area contributed by atoms with Crippen LogP contribution in [0.2, 0.25) is 0 Å². The Labute approximate surface area is 140 Å². The molecule has 0 saturated heterocycles. The quantitative estimate of drug-likeness (QED) is 0.857. The molecule has 1 aliphatic heterocycles. The molecular formula is C19H18N2O3. The van der Waals surface area contributed by atoms with Crippen LogP contribution in [0.1, 0.15) is 11.1 Å². The summed E-state index contributed by atoms with van der Waals surface area (Å²) in [5.41, 5.74) is 8.10. The SMILES string of the molecule is NC(=O)COc1ccc(C=CC(=O)N2CCc3ccccc32)cc1. The second-order valence-corrected chi connectivity index (χ2v) is 5.53. The Morgan fingerprint density at radius 3 is 2.62 bits per heavy atom. The Morgan fingerprint density at radius 2 is 1.88 bits per heavy atom. The lowest BCUT2D eigenvalue weighted by molar-refractivity contribution is -0.120. The van der Waals surface area contributed by atoms with Crippen LogP contribution in [0.25, 0.3) is 6.08 Å². The van der Waals surface area contributed by atoms with Gasteiger partial charge in [0.1, 0.15) is 5.75 Å². The fraction of sp³-hybridized carbons (Fsp3) is 0.158. The zero-order chi connectivity index (χ0) is 16.9. The Kier molecular flexibility index (Phi) is 4.61. The molecule has 24 heavy (non-hydrogen) atoms. The van der Waals surface area contributed by atoms with E-state index in [2.05, 4.69) is 6.07 Å². The highest BCUT2D eigenvalue weighted by atomic mass is 16.5. The van der Waals surface area contributed by atoms with Gasteiger partial charge in [-0.3, -0.25) is 9.59 Å². The van der Waals surface area contributed by atoms with Gasteiger partial charge in [0.2, 0.25) is 0 Å². The molecule has 2 amide bonds. The summed E-state index contributed by atoms with van der Waals surface area (Å²) in [5, 5.41) is 0. The molecule has 0 unspecified atom stereocenters. The lowest BCUT2D eigenvalue weighted by atomic mass is 10.2. The number of amides is 2. The second kappa shape index (κ2) is 7.00. The van der Waals surface area contributed by atoms with E-state index in [1.165, 1.54) is 5.56 Å². The zero-order valence-electron chi connectivity index (χ0n) is 13.1. The number of fused-ring (bicyclic) bond motifs is 1. The molecule has 0 radical (unpaired) electrons. The predicted molar refractivity (Wildman–Crippen MR) is 92.7 cm³/mol. The number of ether oxygens (including phenoxy) is 1. The van der Waals surface area contributed by atoms with Crippen molar-refractivity contribution in [3.8, 4) is 5.75 Å². The number of para-hydroxylation sites is 1. The van der Waals surface area contributed by atoms with Crippen LogP contribution in [-0.2, 0) is 16.0 Å². The normalized spacial score (nSPS) is 13.1. The van der Waals surface area contributed by atoms with Gasteiger partial charge in [-0.15, -0.1) is 0 Å². The summed E-state index contributed by atoms with van der Waals surface area (Å²) in [5.74, 6) is 0.00946. The van der Waals surface area contributed by atoms with E-state index in [1.54, 1.807) is 29.2 Å². The molecule has 1 aliphatic rings. The van der Waals surface area contributed by atoms with Crippen molar-refractivity contribution in [2.75, 3.05) is 18.1 Å². The molecule has 0 saturated carbocycles. The number of carbonyl (C=O) groups is 2. The zero-order valence-corrected chi connectivity index (χ0v) is 13.1. The number of carbonyl (C=O) groups excluding carboxylic acids is 2. The van der Waals surface area contributed by atoms with Gasteiger partial charge in [0.25, 0.3) is 11.8 Å². The lowest BCUT2D eigenvalue weighted by Crippen LogP contribution is -2.26. The van der Waals surface area contributed by atoms with Crippen molar-refractivity contribution in [1.82, 2.24) is 0 Å². The van der Waals surface area contributed by atoms with E-state index in [1.807, 2.05) is 30.3 Å². The molecule has 5 nitrogen and oxygen atoms in total. The molecule has 2 aromatic rings.